The molecule has 0 aliphatic carbocycles. The molecule has 4 nitrogen and oxygen atoms in total. The summed E-state index contributed by atoms with van der Waals surface area (Å²) < 4.78 is 0. The van der Waals surface area contributed by atoms with Crippen molar-refractivity contribution >= 4 is 11.7 Å². The van der Waals surface area contributed by atoms with E-state index in [0.717, 1.165) is 19.4 Å². The van der Waals surface area contributed by atoms with Crippen molar-refractivity contribution in [3.63, 3.8) is 0 Å². The predicted octanol–water partition coefficient (Wildman–Crippen LogP) is 1.40. The Balaban J connectivity index is 2.01. The van der Waals surface area contributed by atoms with Gasteiger partial charge in [0.05, 0.1) is 0 Å². The smallest absolute Gasteiger partial charge is 0.269 e. The molecule has 1 aromatic carbocycles. The molecule has 1 saturated heterocycles. The average Bonchev–Trinajstić information content (AvgIpc) is 2.66. The Kier molecular flexibility index (Phi) is 2.67. The Morgan fingerprint density at radius 3 is 2.67 bits per heavy atom. The first-order valence-corrected chi connectivity index (χ1v) is 4.98. The van der Waals surface area contributed by atoms with E-state index >= 15 is 0 Å². The first-order valence-electron chi connectivity index (χ1n) is 4.98. The molecule has 1 heterocycles. The van der Waals surface area contributed by atoms with Crippen LogP contribution in [0.4, 0.5) is 0 Å². The van der Waals surface area contributed by atoms with Crippen LogP contribution >= 0.6 is 0 Å². The molecule has 2 N–H and O–H groups in total. The number of nitrogens with one attached hydrogen (secondary N) is 2. The Hall–Kier alpha value is -1.84. The van der Waals surface area contributed by atoms with Crippen LogP contribution in [-0.4, -0.2) is 23.3 Å². The van der Waals surface area contributed by atoms with Gasteiger partial charge in [0.25, 0.3) is 5.91 Å². The number of hydrogen-bond donors (Lipinski definition) is 2. The van der Waals surface area contributed by atoms with Crippen molar-refractivity contribution in [1.82, 2.24) is 10.4 Å². The number of amides is 1. The van der Waals surface area contributed by atoms with Crippen molar-refractivity contribution in [2.45, 2.75) is 12.8 Å². The van der Waals surface area contributed by atoms with Gasteiger partial charge in [-0.25, -0.2) is 0 Å². The summed E-state index contributed by atoms with van der Waals surface area (Å²) >= 11 is 0. The van der Waals surface area contributed by atoms with Crippen LogP contribution in [0.2, 0.25) is 0 Å². The van der Waals surface area contributed by atoms with E-state index in [9.17, 15) is 4.79 Å². The molecule has 1 aliphatic rings. The molecule has 4 heteroatoms. The minimum Gasteiger partial charge on any atom is -0.287 e. The molecule has 0 unspecified atom stereocenters. The van der Waals surface area contributed by atoms with Crippen molar-refractivity contribution in [3.8, 4) is 0 Å². The van der Waals surface area contributed by atoms with Gasteiger partial charge in [0.1, 0.15) is 5.84 Å². The van der Waals surface area contributed by atoms with Gasteiger partial charge < -0.3 is 0 Å². The van der Waals surface area contributed by atoms with Crippen LogP contribution in [-0.2, 0) is 0 Å². The number of hydrogen-bond acceptors (Lipinski definition) is 2. The van der Waals surface area contributed by atoms with Gasteiger partial charge in [-0.05, 0) is 18.6 Å². The molecule has 78 valence electrons. The van der Waals surface area contributed by atoms with Crippen LogP contribution in [0.25, 0.3) is 0 Å². The third kappa shape index (κ3) is 2.15. The quantitative estimate of drug-likeness (QED) is 0.763. The summed E-state index contributed by atoms with van der Waals surface area (Å²) in [6, 6.07) is 9.03. The summed E-state index contributed by atoms with van der Waals surface area (Å²) in [7, 11) is 0. The third-order valence-corrected chi connectivity index (χ3v) is 2.39. The highest BCUT2D eigenvalue weighted by molar-refractivity contribution is 5.95. The second kappa shape index (κ2) is 4.13. The van der Waals surface area contributed by atoms with E-state index in [2.05, 4.69) is 5.43 Å². The van der Waals surface area contributed by atoms with Crippen LogP contribution in [0.15, 0.2) is 30.3 Å². The van der Waals surface area contributed by atoms with Gasteiger partial charge in [-0.2, -0.15) is 0 Å². The highest BCUT2D eigenvalue weighted by Crippen LogP contribution is 2.07. The van der Waals surface area contributed by atoms with Crippen LogP contribution in [0.5, 0.6) is 0 Å². The lowest BCUT2D eigenvalue weighted by molar-refractivity contribution is 0.0877. The van der Waals surface area contributed by atoms with Gasteiger partial charge in [-0.15, -0.1) is 0 Å². The van der Waals surface area contributed by atoms with Crippen molar-refractivity contribution in [1.29, 1.82) is 5.41 Å². The van der Waals surface area contributed by atoms with E-state index in [0.29, 0.717) is 11.4 Å². The summed E-state index contributed by atoms with van der Waals surface area (Å²) in [4.78, 5) is 11.7. The zero-order valence-electron chi connectivity index (χ0n) is 8.36. The van der Waals surface area contributed by atoms with Crippen molar-refractivity contribution < 1.29 is 4.79 Å². The summed E-state index contributed by atoms with van der Waals surface area (Å²) in [6.45, 7) is 0.734. The number of nitrogens with zero attached hydrogens (tertiary/aromatic N) is 1. The number of amidine groups is 1. The monoisotopic (exact) mass is 203 g/mol. The molecular weight excluding hydrogens is 190 g/mol. The summed E-state index contributed by atoms with van der Waals surface area (Å²) in [5.41, 5.74) is 3.34. The Bertz CT molecular complexity index is 375. The van der Waals surface area contributed by atoms with Crippen molar-refractivity contribution in [2.24, 2.45) is 0 Å². The topological polar surface area (TPSA) is 56.2 Å². The van der Waals surface area contributed by atoms with Gasteiger partial charge in [0.15, 0.2) is 0 Å². The molecule has 1 fully saturated rings. The summed E-state index contributed by atoms with van der Waals surface area (Å²) in [5, 5.41) is 9.18. The van der Waals surface area contributed by atoms with Crippen LogP contribution < -0.4 is 5.43 Å². The van der Waals surface area contributed by atoms with Gasteiger partial charge in [0.2, 0.25) is 0 Å². The lowest BCUT2D eigenvalue weighted by atomic mass is 10.2. The Labute approximate surface area is 88.4 Å². The minimum atomic E-state index is -0.151. The van der Waals surface area contributed by atoms with E-state index in [-0.39, 0.29) is 5.91 Å². The van der Waals surface area contributed by atoms with E-state index in [1.807, 2.05) is 18.2 Å². The minimum absolute atomic E-state index is 0.151. The Morgan fingerprint density at radius 1 is 1.33 bits per heavy atom. The zero-order chi connectivity index (χ0) is 10.7. The summed E-state index contributed by atoms with van der Waals surface area (Å²) in [5.74, 6) is 0.335. The second-order valence-electron chi connectivity index (χ2n) is 3.51. The van der Waals surface area contributed by atoms with Gasteiger partial charge >= 0.3 is 0 Å². The van der Waals surface area contributed by atoms with E-state index in [1.54, 1.807) is 17.1 Å². The molecule has 1 amide bonds. The maximum atomic E-state index is 11.7. The third-order valence-electron chi connectivity index (χ3n) is 2.39. The maximum Gasteiger partial charge on any atom is 0.269 e. The fraction of sp³-hybridized carbons (Fsp3) is 0.273. The molecule has 0 saturated carbocycles. The number of rotatable bonds is 2. The largest absolute Gasteiger partial charge is 0.287 e. The van der Waals surface area contributed by atoms with Crippen LogP contribution in [0.1, 0.15) is 23.2 Å². The van der Waals surface area contributed by atoms with Crippen LogP contribution in [0, 0.1) is 5.41 Å². The first-order chi connectivity index (χ1) is 7.27. The van der Waals surface area contributed by atoms with E-state index in [1.165, 1.54) is 0 Å². The molecule has 1 aliphatic heterocycles. The maximum absolute atomic E-state index is 11.7. The second-order valence-corrected chi connectivity index (χ2v) is 3.51. The van der Waals surface area contributed by atoms with Crippen LogP contribution in [0.3, 0.4) is 0 Å². The lowest BCUT2D eigenvalue weighted by Gasteiger charge is -2.18. The highest BCUT2D eigenvalue weighted by atomic mass is 16.2. The fourth-order valence-electron chi connectivity index (χ4n) is 1.57. The summed E-state index contributed by atoms with van der Waals surface area (Å²) in [6.07, 6.45) is 1.68. The predicted molar refractivity (Wildman–Crippen MR) is 57.6 cm³/mol. The molecule has 0 aromatic heterocycles. The van der Waals surface area contributed by atoms with Gasteiger partial charge in [-0.3, -0.25) is 20.6 Å². The van der Waals surface area contributed by atoms with Gasteiger partial charge in [-0.1, -0.05) is 18.2 Å². The molecule has 0 radical (unpaired) electrons. The SMILES string of the molecule is N=C1CCCN1NC(=O)c1ccccc1. The lowest BCUT2D eigenvalue weighted by Crippen LogP contribution is -2.42. The normalized spacial score (nSPS) is 15.5. The van der Waals surface area contributed by atoms with Crippen molar-refractivity contribution in [3.05, 3.63) is 35.9 Å². The molecule has 1 aromatic rings. The Morgan fingerprint density at radius 2 is 2.07 bits per heavy atom. The number of carbonyl (C=O) groups excluding carboxylic acids is 1. The van der Waals surface area contributed by atoms with E-state index < -0.39 is 0 Å². The average molecular weight is 203 g/mol. The molecule has 15 heavy (non-hydrogen) atoms. The molecular formula is C11H13N3O. The van der Waals surface area contributed by atoms with Gasteiger partial charge in [0, 0.05) is 18.5 Å². The standard InChI is InChI=1S/C11H13N3O/c12-10-7-4-8-14(10)13-11(15)9-5-2-1-3-6-9/h1-3,5-6,12H,4,7-8H2,(H,13,15). The fourth-order valence-corrected chi connectivity index (χ4v) is 1.57. The molecule has 0 spiro atoms. The van der Waals surface area contributed by atoms with E-state index in [4.69, 9.17) is 5.41 Å². The first kappa shape index (κ1) is 9.71. The van der Waals surface area contributed by atoms with Crippen molar-refractivity contribution in [2.75, 3.05) is 6.54 Å². The zero-order valence-corrected chi connectivity index (χ0v) is 8.36. The number of hydrazine groups is 1. The highest BCUT2D eigenvalue weighted by Gasteiger charge is 2.18. The molecule has 0 atom stereocenters. The molecule has 2 rings (SSSR count). The number of carbonyl (C=O) groups is 1. The number of benzene rings is 1. The molecule has 0 bridgehead atoms.